The number of benzene rings is 6. The number of ketones is 1. The summed E-state index contributed by atoms with van der Waals surface area (Å²) >= 11 is 0. The van der Waals surface area contributed by atoms with Crippen LogP contribution in [0.5, 0.6) is 0 Å². The van der Waals surface area contributed by atoms with E-state index in [0.29, 0.717) is 25.7 Å². The molecule has 0 aliphatic rings. The van der Waals surface area contributed by atoms with Gasteiger partial charge < -0.3 is 9.13 Å². The van der Waals surface area contributed by atoms with Gasteiger partial charge in [-0.25, -0.2) is 9.97 Å². The third kappa shape index (κ3) is 6.50. The minimum absolute atomic E-state index is 0.194. The second-order valence-corrected chi connectivity index (χ2v) is 13.7. The Morgan fingerprint density at radius 3 is 0.870 bits per heavy atom. The van der Waals surface area contributed by atoms with Crippen molar-refractivity contribution in [1.29, 1.82) is 0 Å². The third-order valence-corrected chi connectivity index (χ3v) is 10.5. The smallest absolute Gasteiger partial charge is 0.133 e. The van der Waals surface area contributed by atoms with Gasteiger partial charge in [-0.05, 0) is 46.2 Å². The molecule has 264 valence electrons. The molecule has 0 unspecified atom stereocenters. The van der Waals surface area contributed by atoms with Crippen LogP contribution in [0.4, 0.5) is 0 Å². The highest BCUT2D eigenvalue weighted by Gasteiger charge is 2.39. The van der Waals surface area contributed by atoms with Crippen LogP contribution in [0.1, 0.15) is 57.6 Å². The summed E-state index contributed by atoms with van der Waals surface area (Å²) in [7, 11) is 0. The highest BCUT2D eigenvalue weighted by molar-refractivity contribution is 5.78. The van der Waals surface area contributed by atoms with E-state index in [2.05, 4.69) is 167 Å². The Kier molecular flexibility index (Phi) is 9.94. The number of aromatic nitrogens is 4. The molecular weight excluding hydrogens is 661 g/mol. The first-order valence-electron chi connectivity index (χ1n) is 18.6. The van der Waals surface area contributed by atoms with Crippen molar-refractivity contribution in [2.75, 3.05) is 0 Å². The van der Waals surface area contributed by atoms with E-state index < -0.39 is 11.1 Å². The highest BCUT2D eigenvalue weighted by atomic mass is 16.1. The van der Waals surface area contributed by atoms with Crippen LogP contribution in [0.15, 0.2) is 207 Å². The predicted molar refractivity (Wildman–Crippen MR) is 215 cm³/mol. The first-order valence-corrected chi connectivity index (χ1v) is 18.6. The summed E-state index contributed by atoms with van der Waals surface area (Å²) in [4.78, 5) is 23.2. The average Bonchev–Trinajstić information content (AvgIpc) is 3.93. The molecule has 0 atom stereocenters. The standard InChI is InChI=1S/C49H42N4O/c54-47(33-31-45-35-52(37-50-45)48(39-19-7-1-8-20-39,40-21-9-2-10-22-40)41-23-11-3-12-24-41)34-32-46-36-53(38-51-46)49(42-25-13-4-14-26-42,43-27-15-5-16-28-43)44-29-17-6-18-30-44/h1-30,35-38H,31-34H2. The molecular formula is C49H42N4O. The number of carbonyl (C=O) groups excluding carboxylic acids is 1. The molecule has 54 heavy (non-hydrogen) atoms. The molecule has 0 saturated carbocycles. The molecule has 2 aromatic heterocycles. The minimum atomic E-state index is -0.633. The van der Waals surface area contributed by atoms with Gasteiger partial charge in [0.2, 0.25) is 0 Å². The number of nitrogens with zero attached hydrogens (tertiary/aromatic N) is 4. The van der Waals surface area contributed by atoms with Crippen molar-refractivity contribution >= 4 is 5.78 Å². The second kappa shape index (κ2) is 15.6. The van der Waals surface area contributed by atoms with Gasteiger partial charge in [0.15, 0.2) is 0 Å². The highest BCUT2D eigenvalue weighted by Crippen LogP contribution is 2.42. The summed E-state index contributed by atoms with van der Waals surface area (Å²) in [5.74, 6) is 0.194. The van der Waals surface area contributed by atoms with Crippen molar-refractivity contribution in [3.63, 3.8) is 0 Å². The molecule has 5 heteroatoms. The molecule has 0 N–H and O–H groups in total. The van der Waals surface area contributed by atoms with E-state index in [1.54, 1.807) is 0 Å². The lowest BCUT2D eigenvalue weighted by atomic mass is 9.77. The Bertz CT molecular complexity index is 2020. The number of imidazole rings is 2. The number of carbonyl (C=O) groups is 1. The molecule has 2 heterocycles. The van der Waals surface area contributed by atoms with Gasteiger partial charge in [0.05, 0.1) is 24.0 Å². The van der Waals surface area contributed by atoms with Crippen molar-refractivity contribution in [1.82, 2.24) is 19.1 Å². The molecule has 8 aromatic rings. The molecule has 5 nitrogen and oxygen atoms in total. The molecule has 8 rings (SSSR count). The van der Waals surface area contributed by atoms with E-state index in [-0.39, 0.29) is 5.78 Å². The number of rotatable bonds is 14. The first kappa shape index (κ1) is 34.5. The van der Waals surface area contributed by atoms with E-state index >= 15 is 0 Å². The monoisotopic (exact) mass is 702 g/mol. The topological polar surface area (TPSA) is 52.7 Å². The van der Waals surface area contributed by atoms with E-state index in [4.69, 9.17) is 9.97 Å². The average molecular weight is 703 g/mol. The van der Waals surface area contributed by atoms with Crippen LogP contribution in [0, 0.1) is 0 Å². The molecule has 0 radical (unpaired) electrons. The molecule has 0 fully saturated rings. The Balaban J connectivity index is 1.03. The van der Waals surface area contributed by atoms with Crippen LogP contribution in [0.25, 0.3) is 0 Å². The SMILES string of the molecule is O=C(CCc1cn(C(c2ccccc2)(c2ccccc2)c2ccccc2)cn1)CCc1cn(C(c2ccccc2)(c2ccccc2)c2ccccc2)cn1. The van der Waals surface area contributed by atoms with Gasteiger partial charge in [-0.3, -0.25) is 4.79 Å². The predicted octanol–water partition coefficient (Wildman–Crippen LogP) is 9.89. The van der Waals surface area contributed by atoms with Crippen molar-refractivity contribution in [3.05, 3.63) is 252 Å². The summed E-state index contributed by atoms with van der Waals surface area (Å²) in [5.41, 5.74) is 7.33. The Labute approximate surface area is 317 Å². The number of hydrogen-bond acceptors (Lipinski definition) is 3. The lowest BCUT2D eigenvalue weighted by Crippen LogP contribution is -2.36. The molecule has 0 amide bonds. The molecule has 0 aliphatic carbocycles. The number of Topliss-reactive ketones (excluding diaryl/α,β-unsaturated/α-hetero) is 1. The number of hydrogen-bond donors (Lipinski definition) is 0. The van der Waals surface area contributed by atoms with Crippen LogP contribution in [0.2, 0.25) is 0 Å². The summed E-state index contributed by atoms with van der Waals surface area (Å²) < 4.78 is 4.41. The first-order chi connectivity index (χ1) is 26.7. The lowest BCUT2D eigenvalue weighted by molar-refractivity contribution is -0.119. The molecule has 0 bridgehead atoms. The normalized spacial score (nSPS) is 11.7. The van der Waals surface area contributed by atoms with Crippen LogP contribution >= 0.6 is 0 Å². The zero-order valence-corrected chi connectivity index (χ0v) is 30.2. The van der Waals surface area contributed by atoms with E-state index in [1.807, 2.05) is 49.1 Å². The summed E-state index contributed by atoms with van der Waals surface area (Å²) in [6.07, 6.45) is 10.00. The van der Waals surface area contributed by atoms with Gasteiger partial charge in [-0.15, -0.1) is 0 Å². The van der Waals surface area contributed by atoms with Crippen LogP contribution in [-0.4, -0.2) is 24.9 Å². The molecule has 6 aromatic carbocycles. The van der Waals surface area contributed by atoms with Gasteiger partial charge in [-0.2, -0.15) is 0 Å². The third-order valence-electron chi connectivity index (χ3n) is 10.5. The van der Waals surface area contributed by atoms with E-state index in [0.717, 1.165) is 44.8 Å². The largest absolute Gasteiger partial charge is 0.319 e. The maximum atomic E-state index is 13.5. The lowest BCUT2D eigenvalue weighted by Gasteiger charge is -2.37. The van der Waals surface area contributed by atoms with Gasteiger partial charge >= 0.3 is 0 Å². The fraction of sp³-hybridized carbons (Fsp3) is 0.122. The fourth-order valence-corrected chi connectivity index (χ4v) is 7.98. The van der Waals surface area contributed by atoms with E-state index in [1.165, 1.54) is 0 Å². The Morgan fingerprint density at radius 2 is 0.630 bits per heavy atom. The zero-order chi connectivity index (χ0) is 36.6. The molecule has 0 saturated heterocycles. The second-order valence-electron chi connectivity index (χ2n) is 13.7. The molecule has 0 aliphatic heterocycles. The maximum absolute atomic E-state index is 13.5. The maximum Gasteiger partial charge on any atom is 0.133 e. The summed E-state index contributed by atoms with van der Waals surface area (Å²) in [6, 6.07) is 63.4. The van der Waals surface area contributed by atoms with Gasteiger partial charge in [0.1, 0.15) is 16.9 Å². The van der Waals surface area contributed by atoms with Gasteiger partial charge in [0.25, 0.3) is 0 Å². The quantitative estimate of drug-likeness (QED) is 0.106. The summed E-state index contributed by atoms with van der Waals surface area (Å²) in [5, 5.41) is 0. The van der Waals surface area contributed by atoms with Crippen molar-refractivity contribution < 1.29 is 4.79 Å². The van der Waals surface area contributed by atoms with Crippen LogP contribution in [-0.2, 0) is 28.7 Å². The number of aryl methyl sites for hydroxylation is 2. The van der Waals surface area contributed by atoms with Crippen molar-refractivity contribution in [3.8, 4) is 0 Å². The fourth-order valence-electron chi connectivity index (χ4n) is 7.98. The van der Waals surface area contributed by atoms with E-state index in [9.17, 15) is 4.79 Å². The van der Waals surface area contributed by atoms with Crippen LogP contribution < -0.4 is 0 Å². The van der Waals surface area contributed by atoms with Gasteiger partial charge in [0, 0.05) is 25.2 Å². The van der Waals surface area contributed by atoms with Crippen molar-refractivity contribution in [2.45, 2.75) is 36.8 Å². The Hall–Kier alpha value is -6.59. The minimum Gasteiger partial charge on any atom is -0.319 e. The van der Waals surface area contributed by atoms with Crippen molar-refractivity contribution in [2.24, 2.45) is 0 Å². The van der Waals surface area contributed by atoms with Gasteiger partial charge in [-0.1, -0.05) is 182 Å². The summed E-state index contributed by atoms with van der Waals surface area (Å²) in [6.45, 7) is 0. The zero-order valence-electron chi connectivity index (χ0n) is 30.2. The Morgan fingerprint density at radius 1 is 0.389 bits per heavy atom. The van der Waals surface area contributed by atoms with Crippen LogP contribution in [0.3, 0.4) is 0 Å². The molecule has 0 spiro atoms.